The molecule has 0 aliphatic carbocycles. The Kier molecular flexibility index (Phi) is 2.48. The Labute approximate surface area is 93.0 Å². The number of aryl methyl sites for hydroxylation is 1. The second-order valence-corrected chi connectivity index (χ2v) is 3.56. The second kappa shape index (κ2) is 3.81. The highest BCUT2D eigenvalue weighted by Crippen LogP contribution is 2.19. The molecule has 1 aromatic heterocycles. The number of carbonyl (C=O) groups excluding carboxylic acids is 1. The van der Waals surface area contributed by atoms with Crippen LogP contribution in [0.25, 0.3) is 10.9 Å². The summed E-state index contributed by atoms with van der Waals surface area (Å²) in [4.78, 5) is 15.7. The summed E-state index contributed by atoms with van der Waals surface area (Å²) in [5.74, 6) is -0.360. The summed E-state index contributed by atoms with van der Waals surface area (Å²) in [6.45, 7) is 1.85. The SMILES string of the molecule is COC(=O)c1ccc2nc(C)c(N)cc2c1. The lowest BCUT2D eigenvalue weighted by molar-refractivity contribution is 0.0601. The average Bonchev–Trinajstić information content (AvgIpc) is 2.29. The maximum absolute atomic E-state index is 11.3. The first-order valence-electron chi connectivity index (χ1n) is 4.87. The van der Waals surface area contributed by atoms with Crippen LogP contribution >= 0.6 is 0 Å². The molecule has 0 spiro atoms. The quantitative estimate of drug-likeness (QED) is 0.739. The molecule has 0 amide bonds. The molecule has 4 heteroatoms. The molecular weight excluding hydrogens is 204 g/mol. The molecule has 4 nitrogen and oxygen atoms in total. The van der Waals surface area contributed by atoms with Gasteiger partial charge in [0.05, 0.1) is 29.6 Å². The van der Waals surface area contributed by atoms with Gasteiger partial charge in [-0.05, 0) is 31.2 Å². The highest BCUT2D eigenvalue weighted by atomic mass is 16.5. The fourth-order valence-corrected chi connectivity index (χ4v) is 1.53. The highest BCUT2D eigenvalue weighted by Gasteiger charge is 2.07. The van der Waals surface area contributed by atoms with Gasteiger partial charge in [-0.2, -0.15) is 0 Å². The van der Waals surface area contributed by atoms with E-state index in [4.69, 9.17) is 5.73 Å². The number of methoxy groups -OCH3 is 1. The van der Waals surface area contributed by atoms with Crippen LogP contribution in [0.5, 0.6) is 0 Å². The third-order valence-corrected chi connectivity index (χ3v) is 2.47. The number of hydrogen-bond donors (Lipinski definition) is 1. The molecular formula is C12H12N2O2. The number of hydrogen-bond acceptors (Lipinski definition) is 4. The smallest absolute Gasteiger partial charge is 0.337 e. The fourth-order valence-electron chi connectivity index (χ4n) is 1.53. The molecule has 0 aliphatic heterocycles. The van der Waals surface area contributed by atoms with Crippen molar-refractivity contribution in [2.24, 2.45) is 0 Å². The van der Waals surface area contributed by atoms with E-state index in [2.05, 4.69) is 9.72 Å². The predicted octanol–water partition coefficient (Wildman–Crippen LogP) is 1.91. The van der Waals surface area contributed by atoms with Gasteiger partial charge < -0.3 is 10.5 Å². The van der Waals surface area contributed by atoms with Gasteiger partial charge in [-0.1, -0.05) is 0 Å². The molecule has 0 radical (unpaired) electrons. The van der Waals surface area contributed by atoms with E-state index in [1.54, 1.807) is 18.2 Å². The van der Waals surface area contributed by atoms with Gasteiger partial charge in [0.1, 0.15) is 0 Å². The third-order valence-electron chi connectivity index (χ3n) is 2.47. The van der Waals surface area contributed by atoms with Gasteiger partial charge in [0.15, 0.2) is 0 Å². The van der Waals surface area contributed by atoms with Crippen LogP contribution in [0.2, 0.25) is 0 Å². The van der Waals surface area contributed by atoms with Crippen LogP contribution in [-0.4, -0.2) is 18.1 Å². The number of fused-ring (bicyclic) bond motifs is 1. The first kappa shape index (κ1) is 10.4. The zero-order valence-corrected chi connectivity index (χ0v) is 9.15. The number of rotatable bonds is 1. The normalized spacial score (nSPS) is 10.4. The number of nitrogens with zero attached hydrogens (tertiary/aromatic N) is 1. The van der Waals surface area contributed by atoms with E-state index in [1.807, 2.05) is 13.0 Å². The minimum absolute atomic E-state index is 0.360. The van der Waals surface area contributed by atoms with Crippen molar-refractivity contribution in [3.8, 4) is 0 Å². The number of ether oxygens (including phenoxy) is 1. The maximum atomic E-state index is 11.3. The van der Waals surface area contributed by atoms with E-state index < -0.39 is 0 Å². The van der Waals surface area contributed by atoms with Gasteiger partial charge >= 0.3 is 5.97 Å². The van der Waals surface area contributed by atoms with Gasteiger partial charge in [-0.3, -0.25) is 4.98 Å². The second-order valence-electron chi connectivity index (χ2n) is 3.56. The maximum Gasteiger partial charge on any atom is 0.337 e. The van der Waals surface area contributed by atoms with Gasteiger partial charge in [0.25, 0.3) is 0 Å². The van der Waals surface area contributed by atoms with Crippen LogP contribution < -0.4 is 5.73 Å². The van der Waals surface area contributed by atoms with Crippen molar-refractivity contribution < 1.29 is 9.53 Å². The average molecular weight is 216 g/mol. The molecule has 0 bridgehead atoms. The minimum Gasteiger partial charge on any atom is -0.465 e. The number of benzene rings is 1. The number of anilines is 1. The Morgan fingerprint density at radius 3 is 2.81 bits per heavy atom. The van der Waals surface area contributed by atoms with Crippen LogP contribution in [0.15, 0.2) is 24.3 Å². The van der Waals surface area contributed by atoms with Crippen LogP contribution in [0.3, 0.4) is 0 Å². The summed E-state index contributed by atoms with van der Waals surface area (Å²) >= 11 is 0. The standard InChI is InChI=1S/C12H12N2O2/c1-7-10(13)6-9-5-8(12(15)16-2)3-4-11(9)14-7/h3-6H,13H2,1-2H3. The van der Waals surface area contributed by atoms with Gasteiger partial charge in [-0.15, -0.1) is 0 Å². The summed E-state index contributed by atoms with van der Waals surface area (Å²) in [5, 5.41) is 0.839. The first-order valence-corrected chi connectivity index (χ1v) is 4.87. The van der Waals surface area contributed by atoms with E-state index >= 15 is 0 Å². The van der Waals surface area contributed by atoms with Crippen LogP contribution in [0.4, 0.5) is 5.69 Å². The molecule has 2 rings (SSSR count). The van der Waals surface area contributed by atoms with Gasteiger partial charge in [0, 0.05) is 5.39 Å². The summed E-state index contributed by atoms with van der Waals surface area (Å²) in [6.07, 6.45) is 0. The Balaban J connectivity index is 2.62. The zero-order valence-electron chi connectivity index (χ0n) is 9.15. The fraction of sp³-hybridized carbons (Fsp3) is 0.167. The van der Waals surface area contributed by atoms with E-state index in [0.29, 0.717) is 11.3 Å². The molecule has 2 N–H and O–H groups in total. The number of pyridine rings is 1. The topological polar surface area (TPSA) is 65.2 Å². The largest absolute Gasteiger partial charge is 0.465 e. The predicted molar refractivity (Wildman–Crippen MR) is 62.2 cm³/mol. The molecule has 2 aromatic rings. The van der Waals surface area contributed by atoms with Gasteiger partial charge in [0.2, 0.25) is 0 Å². The molecule has 0 saturated heterocycles. The van der Waals surface area contributed by atoms with Crippen molar-refractivity contribution in [1.82, 2.24) is 4.98 Å². The molecule has 0 aliphatic rings. The number of esters is 1. The Morgan fingerprint density at radius 1 is 1.38 bits per heavy atom. The summed E-state index contributed by atoms with van der Waals surface area (Å²) in [5.41, 5.74) is 8.49. The minimum atomic E-state index is -0.360. The van der Waals surface area contributed by atoms with Crippen molar-refractivity contribution in [3.05, 3.63) is 35.5 Å². The molecule has 16 heavy (non-hydrogen) atoms. The summed E-state index contributed by atoms with van der Waals surface area (Å²) in [6, 6.07) is 7.01. The van der Waals surface area contributed by atoms with Gasteiger partial charge in [-0.25, -0.2) is 4.79 Å². The monoisotopic (exact) mass is 216 g/mol. The highest BCUT2D eigenvalue weighted by molar-refractivity contribution is 5.95. The first-order chi connectivity index (χ1) is 7.61. The van der Waals surface area contributed by atoms with Crippen molar-refractivity contribution in [1.29, 1.82) is 0 Å². The molecule has 0 atom stereocenters. The van der Waals surface area contributed by atoms with Crippen molar-refractivity contribution >= 4 is 22.6 Å². The lowest BCUT2D eigenvalue weighted by atomic mass is 10.1. The van der Waals surface area contributed by atoms with E-state index in [1.165, 1.54) is 7.11 Å². The van der Waals surface area contributed by atoms with E-state index in [-0.39, 0.29) is 5.97 Å². The van der Waals surface area contributed by atoms with Crippen LogP contribution in [0.1, 0.15) is 16.1 Å². The van der Waals surface area contributed by atoms with E-state index in [9.17, 15) is 4.79 Å². The summed E-state index contributed by atoms with van der Waals surface area (Å²) in [7, 11) is 1.36. The van der Waals surface area contributed by atoms with Crippen LogP contribution in [-0.2, 0) is 4.74 Å². The number of nitrogens with two attached hydrogens (primary N) is 1. The molecule has 1 aromatic carbocycles. The number of carbonyl (C=O) groups is 1. The third kappa shape index (κ3) is 1.69. The van der Waals surface area contributed by atoms with Crippen molar-refractivity contribution in [2.45, 2.75) is 6.92 Å². The molecule has 82 valence electrons. The number of aromatic nitrogens is 1. The zero-order chi connectivity index (χ0) is 11.7. The molecule has 0 unspecified atom stereocenters. The van der Waals surface area contributed by atoms with Crippen LogP contribution in [0, 0.1) is 6.92 Å². The van der Waals surface area contributed by atoms with E-state index in [0.717, 1.165) is 16.6 Å². The lowest BCUT2D eigenvalue weighted by Gasteiger charge is -2.04. The Bertz CT molecular complexity index is 564. The van der Waals surface area contributed by atoms with Crippen molar-refractivity contribution in [3.63, 3.8) is 0 Å². The molecule has 0 saturated carbocycles. The lowest BCUT2D eigenvalue weighted by Crippen LogP contribution is -2.01. The number of nitrogen functional groups attached to an aromatic ring is 1. The molecule has 0 fully saturated rings. The Morgan fingerprint density at radius 2 is 2.12 bits per heavy atom. The van der Waals surface area contributed by atoms with Crippen molar-refractivity contribution in [2.75, 3.05) is 12.8 Å². The molecule has 1 heterocycles. The Hall–Kier alpha value is -2.10. The summed E-state index contributed by atoms with van der Waals surface area (Å²) < 4.78 is 4.65.